The summed E-state index contributed by atoms with van der Waals surface area (Å²) in [5.41, 5.74) is 14.1. The number of nitriles is 1. The van der Waals surface area contributed by atoms with Crippen molar-refractivity contribution >= 4 is 0 Å². The molecule has 3 rings (SSSR count). The number of aryl methyl sites for hydroxylation is 3. The molecule has 1 atom stereocenters. The number of fused-ring (bicyclic) bond motifs is 1. The van der Waals surface area contributed by atoms with E-state index in [1.54, 1.807) is 0 Å². The van der Waals surface area contributed by atoms with Crippen LogP contribution >= 0.6 is 0 Å². The van der Waals surface area contributed by atoms with Crippen LogP contribution in [0.3, 0.4) is 0 Å². The summed E-state index contributed by atoms with van der Waals surface area (Å²) in [6.45, 7) is 10.3. The lowest BCUT2D eigenvalue weighted by atomic mass is 9.78. The van der Waals surface area contributed by atoms with Crippen LogP contribution in [0.25, 0.3) is 0 Å². The topological polar surface area (TPSA) is 87.7 Å². The van der Waals surface area contributed by atoms with Crippen LogP contribution in [0, 0.1) is 45.9 Å². The normalized spacial score (nSPS) is 16.8. The maximum Gasteiger partial charge on any atom is 0.244 e. The summed E-state index contributed by atoms with van der Waals surface area (Å²) in [6, 6.07) is 4.42. The highest BCUT2D eigenvalue weighted by Gasteiger charge is 2.36. The van der Waals surface area contributed by atoms with Gasteiger partial charge in [-0.05, 0) is 62.4 Å². The molecule has 1 aromatic heterocycles. The molecule has 1 unspecified atom stereocenters. The molecule has 2 heterocycles. The summed E-state index contributed by atoms with van der Waals surface area (Å²) < 4.78 is 5.54. The number of benzene rings is 1. The Morgan fingerprint density at radius 1 is 1.13 bits per heavy atom. The van der Waals surface area contributed by atoms with E-state index in [1.807, 2.05) is 6.92 Å². The molecule has 0 bridgehead atoms. The quantitative estimate of drug-likeness (QED) is 0.847. The average molecular weight is 308 g/mol. The van der Waals surface area contributed by atoms with Crippen LogP contribution in [-0.4, -0.2) is 10.2 Å². The summed E-state index contributed by atoms with van der Waals surface area (Å²) in [4.78, 5) is 0. The van der Waals surface area contributed by atoms with Crippen LogP contribution in [0.1, 0.15) is 45.0 Å². The number of hydrogen-bond donors (Lipinski definition) is 2. The first-order valence-corrected chi connectivity index (χ1v) is 7.56. The molecule has 5 nitrogen and oxygen atoms in total. The van der Waals surface area contributed by atoms with Crippen LogP contribution in [0.5, 0.6) is 5.88 Å². The van der Waals surface area contributed by atoms with Gasteiger partial charge in [0.25, 0.3) is 0 Å². The van der Waals surface area contributed by atoms with E-state index in [9.17, 15) is 5.26 Å². The van der Waals surface area contributed by atoms with Gasteiger partial charge in [0.1, 0.15) is 11.6 Å². The first kappa shape index (κ1) is 15.2. The van der Waals surface area contributed by atoms with E-state index in [2.05, 4.69) is 50.0 Å². The minimum atomic E-state index is -0.249. The molecule has 3 N–H and O–H groups in total. The number of H-pyrrole nitrogens is 1. The smallest absolute Gasteiger partial charge is 0.244 e. The third kappa shape index (κ3) is 2.10. The maximum atomic E-state index is 9.67. The lowest BCUT2D eigenvalue weighted by Gasteiger charge is -2.27. The van der Waals surface area contributed by atoms with Gasteiger partial charge in [0, 0.05) is 11.3 Å². The second kappa shape index (κ2) is 5.17. The SMILES string of the molecule is Cc1cc(C)c(C)c(C2C(C#N)=C(N)Oc3n[nH]c(C)c32)c1C. The predicted molar refractivity (Wildman–Crippen MR) is 88.0 cm³/mol. The lowest BCUT2D eigenvalue weighted by molar-refractivity contribution is 0.378. The molecule has 0 amide bonds. The number of allylic oxidation sites excluding steroid dienone is 1. The summed E-state index contributed by atoms with van der Waals surface area (Å²) in [5.74, 6) is 0.345. The lowest BCUT2D eigenvalue weighted by Crippen LogP contribution is -2.22. The number of aromatic amines is 1. The van der Waals surface area contributed by atoms with Crippen LogP contribution < -0.4 is 10.5 Å². The Bertz CT molecular complexity index is 857. The standard InChI is InChI=1S/C18H20N4O/c1-8-6-9(2)11(4)14(10(8)3)16-13(7-19)17(20)23-18-15(16)12(5)21-22-18/h6,16H,20H2,1-5H3,(H,21,22). The highest BCUT2D eigenvalue weighted by Crippen LogP contribution is 2.45. The van der Waals surface area contributed by atoms with Gasteiger partial charge in [-0.1, -0.05) is 6.07 Å². The van der Waals surface area contributed by atoms with Gasteiger partial charge in [-0.2, -0.15) is 5.26 Å². The molecule has 1 aliphatic heterocycles. The number of rotatable bonds is 1. The van der Waals surface area contributed by atoms with Crippen molar-refractivity contribution in [2.45, 2.75) is 40.5 Å². The summed E-state index contributed by atoms with van der Waals surface area (Å²) in [6.07, 6.45) is 0. The van der Waals surface area contributed by atoms with E-state index in [0.717, 1.165) is 16.8 Å². The van der Waals surface area contributed by atoms with Crippen molar-refractivity contribution < 1.29 is 4.74 Å². The zero-order valence-electron chi connectivity index (χ0n) is 14.0. The molecule has 0 saturated carbocycles. The first-order chi connectivity index (χ1) is 10.9. The van der Waals surface area contributed by atoms with E-state index in [0.29, 0.717) is 11.5 Å². The van der Waals surface area contributed by atoms with Crippen LogP contribution in [0.15, 0.2) is 17.5 Å². The van der Waals surface area contributed by atoms with Crippen molar-refractivity contribution in [1.82, 2.24) is 10.2 Å². The highest BCUT2D eigenvalue weighted by atomic mass is 16.5. The van der Waals surface area contributed by atoms with Gasteiger partial charge in [-0.15, -0.1) is 5.10 Å². The second-order valence-electron chi connectivity index (χ2n) is 6.17. The zero-order valence-corrected chi connectivity index (χ0v) is 14.0. The van der Waals surface area contributed by atoms with Crippen molar-refractivity contribution in [3.05, 3.63) is 56.6 Å². The Balaban J connectivity index is 2.39. The fourth-order valence-electron chi connectivity index (χ4n) is 3.37. The number of aromatic nitrogens is 2. The van der Waals surface area contributed by atoms with Crippen molar-refractivity contribution in [2.24, 2.45) is 5.73 Å². The minimum Gasteiger partial charge on any atom is -0.420 e. The number of ether oxygens (including phenoxy) is 1. The van der Waals surface area contributed by atoms with E-state index in [1.165, 1.54) is 22.3 Å². The van der Waals surface area contributed by atoms with Crippen LogP contribution in [0.4, 0.5) is 0 Å². The first-order valence-electron chi connectivity index (χ1n) is 7.56. The molecule has 0 radical (unpaired) electrons. The number of hydrogen-bond acceptors (Lipinski definition) is 4. The third-order valence-electron chi connectivity index (χ3n) is 4.84. The van der Waals surface area contributed by atoms with Crippen LogP contribution in [-0.2, 0) is 0 Å². The Kier molecular flexibility index (Phi) is 3.41. The Hall–Kier alpha value is -2.74. The summed E-state index contributed by atoms with van der Waals surface area (Å²) in [7, 11) is 0. The third-order valence-corrected chi connectivity index (χ3v) is 4.84. The molecule has 118 valence electrons. The highest BCUT2D eigenvalue weighted by molar-refractivity contribution is 5.60. The van der Waals surface area contributed by atoms with E-state index >= 15 is 0 Å². The van der Waals surface area contributed by atoms with Crippen molar-refractivity contribution in [3.63, 3.8) is 0 Å². The fourth-order valence-corrected chi connectivity index (χ4v) is 3.37. The Morgan fingerprint density at radius 3 is 2.30 bits per heavy atom. The largest absolute Gasteiger partial charge is 0.420 e. The molecule has 0 aliphatic carbocycles. The molecule has 1 aromatic carbocycles. The van der Waals surface area contributed by atoms with Crippen molar-refractivity contribution in [3.8, 4) is 11.9 Å². The number of nitrogens with zero attached hydrogens (tertiary/aromatic N) is 2. The molecule has 0 spiro atoms. The van der Waals surface area contributed by atoms with Crippen molar-refractivity contribution in [1.29, 1.82) is 5.26 Å². The molecule has 0 fully saturated rings. The molecule has 2 aromatic rings. The molecule has 23 heavy (non-hydrogen) atoms. The van der Waals surface area contributed by atoms with Gasteiger partial charge in [-0.3, -0.25) is 5.10 Å². The summed E-state index contributed by atoms with van der Waals surface area (Å²) >= 11 is 0. The van der Waals surface area contributed by atoms with E-state index in [-0.39, 0.29) is 11.8 Å². The molecule has 1 aliphatic rings. The summed E-state index contributed by atoms with van der Waals surface area (Å²) in [5, 5.41) is 16.8. The average Bonchev–Trinajstić information content (AvgIpc) is 2.86. The minimum absolute atomic E-state index is 0.134. The molecular weight excluding hydrogens is 288 g/mol. The number of nitrogens with two attached hydrogens (primary N) is 1. The van der Waals surface area contributed by atoms with Gasteiger partial charge >= 0.3 is 0 Å². The maximum absolute atomic E-state index is 9.67. The molecule has 0 saturated heterocycles. The second-order valence-corrected chi connectivity index (χ2v) is 6.17. The molecular formula is C18H20N4O. The van der Waals surface area contributed by atoms with Gasteiger partial charge in [0.2, 0.25) is 11.8 Å². The van der Waals surface area contributed by atoms with Gasteiger partial charge in [0.05, 0.1) is 5.92 Å². The predicted octanol–water partition coefficient (Wildman–Crippen LogP) is 3.17. The van der Waals surface area contributed by atoms with Gasteiger partial charge in [0.15, 0.2) is 0 Å². The monoisotopic (exact) mass is 308 g/mol. The zero-order chi connectivity index (χ0) is 16.9. The van der Waals surface area contributed by atoms with Crippen molar-refractivity contribution in [2.75, 3.05) is 0 Å². The van der Waals surface area contributed by atoms with Gasteiger partial charge < -0.3 is 10.5 Å². The number of nitrogens with one attached hydrogen (secondary N) is 1. The fraction of sp³-hybridized carbons (Fsp3) is 0.333. The molecule has 5 heteroatoms. The van der Waals surface area contributed by atoms with E-state index < -0.39 is 0 Å². The van der Waals surface area contributed by atoms with Crippen LogP contribution in [0.2, 0.25) is 0 Å². The Labute approximate surface area is 135 Å². The van der Waals surface area contributed by atoms with Gasteiger partial charge in [-0.25, -0.2) is 0 Å². The Morgan fingerprint density at radius 2 is 1.74 bits per heavy atom. The van der Waals surface area contributed by atoms with E-state index in [4.69, 9.17) is 10.5 Å².